The van der Waals surface area contributed by atoms with Crippen LogP contribution in [0.1, 0.15) is 18.0 Å². The molecule has 1 aromatic heterocycles. The molecule has 0 spiro atoms. The van der Waals surface area contributed by atoms with Gasteiger partial charge in [-0.15, -0.1) is 0 Å². The summed E-state index contributed by atoms with van der Waals surface area (Å²) >= 11 is 12.1. The average Bonchev–Trinajstić information content (AvgIpc) is 2.60. The molecule has 2 aliphatic heterocycles. The molecule has 2 bridgehead atoms. The molecule has 2 aliphatic rings. The number of likely N-dealkylation sites (tertiary alicyclic amines) is 1. The van der Waals surface area contributed by atoms with E-state index in [1.165, 1.54) is 0 Å². The molecule has 136 valence electrons. The van der Waals surface area contributed by atoms with Gasteiger partial charge in [-0.25, -0.2) is 0 Å². The van der Waals surface area contributed by atoms with Crippen molar-refractivity contribution in [2.24, 2.45) is 5.92 Å². The number of rotatable bonds is 3. The zero-order valence-electron chi connectivity index (χ0n) is 14.1. The van der Waals surface area contributed by atoms with Gasteiger partial charge in [0.1, 0.15) is 0 Å². The highest BCUT2D eigenvalue weighted by atomic mass is 35.5. The molecule has 1 N–H and O–H groups in total. The van der Waals surface area contributed by atoms with Gasteiger partial charge in [-0.2, -0.15) is 0 Å². The van der Waals surface area contributed by atoms with Crippen molar-refractivity contribution in [1.82, 2.24) is 9.47 Å². The van der Waals surface area contributed by atoms with Gasteiger partial charge in [0.25, 0.3) is 5.56 Å². The first-order chi connectivity index (χ1) is 12.5. The quantitative estimate of drug-likeness (QED) is 0.873. The fourth-order valence-electron chi connectivity index (χ4n) is 4.12. The number of benzene rings is 1. The minimum absolute atomic E-state index is 0.0685. The fraction of sp³-hybridized carbons (Fsp3) is 0.368. The third-order valence-corrected chi connectivity index (χ3v) is 5.97. The summed E-state index contributed by atoms with van der Waals surface area (Å²) in [5, 5.41) is 3.61. The topological polar surface area (TPSA) is 54.3 Å². The van der Waals surface area contributed by atoms with Crippen LogP contribution in [-0.2, 0) is 11.3 Å². The van der Waals surface area contributed by atoms with Crippen molar-refractivity contribution in [1.29, 1.82) is 0 Å². The van der Waals surface area contributed by atoms with Gasteiger partial charge in [-0.3, -0.25) is 14.5 Å². The average molecular weight is 392 g/mol. The van der Waals surface area contributed by atoms with E-state index in [4.69, 9.17) is 23.2 Å². The summed E-state index contributed by atoms with van der Waals surface area (Å²) in [6.07, 6.45) is 1.07. The first-order valence-electron chi connectivity index (χ1n) is 8.67. The molecule has 7 heteroatoms. The molecule has 2 aromatic rings. The molecule has 0 unspecified atom stereocenters. The van der Waals surface area contributed by atoms with Crippen molar-refractivity contribution >= 4 is 34.8 Å². The van der Waals surface area contributed by atoms with Crippen LogP contribution in [0.15, 0.2) is 41.2 Å². The Kier molecular flexibility index (Phi) is 4.78. The van der Waals surface area contributed by atoms with E-state index in [1.807, 2.05) is 16.7 Å². The predicted molar refractivity (Wildman–Crippen MR) is 103 cm³/mol. The number of nitrogens with zero attached hydrogens (tertiary/aromatic N) is 2. The maximum atomic E-state index is 12.5. The number of nitrogens with one attached hydrogen (secondary N) is 1. The van der Waals surface area contributed by atoms with Crippen molar-refractivity contribution in [3.05, 3.63) is 62.5 Å². The summed E-state index contributed by atoms with van der Waals surface area (Å²) in [6.45, 7) is 2.61. The normalized spacial score (nSPS) is 21.9. The summed E-state index contributed by atoms with van der Waals surface area (Å²) in [5.74, 6) is 0.572. The van der Waals surface area contributed by atoms with E-state index in [2.05, 4.69) is 10.2 Å². The van der Waals surface area contributed by atoms with E-state index in [0.29, 0.717) is 34.1 Å². The third-order valence-electron chi connectivity index (χ3n) is 5.15. The van der Waals surface area contributed by atoms with Crippen LogP contribution in [0.2, 0.25) is 10.0 Å². The predicted octanol–water partition coefficient (Wildman–Crippen LogP) is 3.21. The Bertz CT molecular complexity index is 912. The highest BCUT2D eigenvalue weighted by Crippen LogP contribution is 2.35. The molecule has 5 nitrogen and oxygen atoms in total. The first-order valence-corrected chi connectivity index (χ1v) is 9.43. The Morgan fingerprint density at radius 1 is 1.12 bits per heavy atom. The van der Waals surface area contributed by atoms with E-state index < -0.39 is 0 Å². The molecule has 3 heterocycles. The van der Waals surface area contributed by atoms with Gasteiger partial charge < -0.3 is 9.88 Å². The molecule has 0 saturated carbocycles. The second kappa shape index (κ2) is 7.06. The van der Waals surface area contributed by atoms with Crippen LogP contribution in [0.4, 0.5) is 5.69 Å². The van der Waals surface area contributed by atoms with Crippen LogP contribution in [-0.4, -0.2) is 35.0 Å². The van der Waals surface area contributed by atoms with E-state index in [1.54, 1.807) is 24.3 Å². The highest BCUT2D eigenvalue weighted by molar-refractivity contribution is 6.44. The SMILES string of the molecule is O=C(CN1C[C@@H]2C[C@H](C1)c1cccc(=O)n1C2)Nc1cccc(Cl)c1Cl. The molecule has 1 amide bonds. The lowest BCUT2D eigenvalue weighted by molar-refractivity contribution is -0.117. The lowest BCUT2D eigenvalue weighted by Crippen LogP contribution is -2.49. The number of carbonyl (C=O) groups is 1. The molecule has 2 atom stereocenters. The summed E-state index contributed by atoms with van der Waals surface area (Å²) in [4.78, 5) is 26.7. The van der Waals surface area contributed by atoms with Crippen molar-refractivity contribution in [3.63, 3.8) is 0 Å². The molecular formula is C19H19Cl2N3O2. The standard InChI is InChI=1S/C19H19Cl2N3O2/c20-14-3-1-4-15(19(14)21)22-17(25)11-23-8-12-7-13(10-23)16-5-2-6-18(26)24(16)9-12/h1-6,12-13H,7-11H2,(H,22,25)/t12-,13+/m0/s1. The molecule has 4 rings (SSSR count). The van der Waals surface area contributed by atoms with Gasteiger partial charge in [-0.1, -0.05) is 35.3 Å². The third kappa shape index (κ3) is 3.39. The highest BCUT2D eigenvalue weighted by Gasteiger charge is 2.34. The van der Waals surface area contributed by atoms with Crippen LogP contribution in [0, 0.1) is 5.92 Å². The molecule has 0 radical (unpaired) electrons. The Morgan fingerprint density at radius 2 is 1.92 bits per heavy atom. The lowest BCUT2D eigenvalue weighted by atomic mass is 9.83. The minimum Gasteiger partial charge on any atom is -0.324 e. The van der Waals surface area contributed by atoms with Gasteiger partial charge in [0.05, 0.1) is 22.3 Å². The number of anilines is 1. The van der Waals surface area contributed by atoms with Crippen molar-refractivity contribution in [3.8, 4) is 0 Å². The van der Waals surface area contributed by atoms with E-state index in [0.717, 1.165) is 31.7 Å². The van der Waals surface area contributed by atoms with Gasteiger partial charge in [0, 0.05) is 37.3 Å². The number of fused-ring (bicyclic) bond motifs is 4. The number of piperidine rings is 1. The van der Waals surface area contributed by atoms with E-state index >= 15 is 0 Å². The number of hydrogen-bond donors (Lipinski definition) is 1. The Morgan fingerprint density at radius 3 is 2.77 bits per heavy atom. The zero-order chi connectivity index (χ0) is 18.3. The summed E-state index contributed by atoms with van der Waals surface area (Å²) in [6, 6.07) is 10.6. The number of aromatic nitrogens is 1. The van der Waals surface area contributed by atoms with Crippen molar-refractivity contribution < 1.29 is 4.79 Å². The zero-order valence-corrected chi connectivity index (χ0v) is 15.6. The maximum Gasteiger partial charge on any atom is 0.250 e. The number of pyridine rings is 1. The monoisotopic (exact) mass is 391 g/mol. The van der Waals surface area contributed by atoms with Crippen LogP contribution >= 0.6 is 23.2 Å². The van der Waals surface area contributed by atoms with Gasteiger partial charge in [0.2, 0.25) is 5.91 Å². The van der Waals surface area contributed by atoms with Gasteiger partial charge in [0.15, 0.2) is 0 Å². The Hall–Kier alpha value is -1.82. The number of halogens is 2. The maximum absolute atomic E-state index is 12.5. The van der Waals surface area contributed by atoms with Crippen LogP contribution in [0.3, 0.4) is 0 Å². The smallest absolute Gasteiger partial charge is 0.250 e. The van der Waals surface area contributed by atoms with Crippen LogP contribution in [0.5, 0.6) is 0 Å². The summed E-state index contributed by atoms with van der Waals surface area (Å²) in [7, 11) is 0. The number of carbonyl (C=O) groups excluding carboxylic acids is 1. The second-order valence-corrected chi connectivity index (χ2v) is 7.83. The number of amides is 1. The molecule has 1 fully saturated rings. The van der Waals surface area contributed by atoms with Crippen molar-refractivity contribution in [2.75, 3.05) is 25.0 Å². The Balaban J connectivity index is 1.45. The van der Waals surface area contributed by atoms with Gasteiger partial charge in [-0.05, 0) is 30.5 Å². The second-order valence-electron chi connectivity index (χ2n) is 7.04. The summed E-state index contributed by atoms with van der Waals surface area (Å²) < 4.78 is 1.89. The summed E-state index contributed by atoms with van der Waals surface area (Å²) in [5.41, 5.74) is 1.68. The van der Waals surface area contributed by atoms with E-state index in [9.17, 15) is 9.59 Å². The molecule has 0 aliphatic carbocycles. The fourth-order valence-corrected chi connectivity index (χ4v) is 4.47. The first kappa shape index (κ1) is 17.6. The minimum atomic E-state index is -0.111. The molecule has 26 heavy (non-hydrogen) atoms. The van der Waals surface area contributed by atoms with E-state index in [-0.39, 0.29) is 11.5 Å². The Labute approximate surface area is 161 Å². The number of hydrogen-bond acceptors (Lipinski definition) is 3. The van der Waals surface area contributed by atoms with Crippen LogP contribution < -0.4 is 10.9 Å². The largest absolute Gasteiger partial charge is 0.324 e. The molecule has 1 aromatic carbocycles. The molecule has 1 saturated heterocycles. The molecular weight excluding hydrogens is 373 g/mol. The van der Waals surface area contributed by atoms with Crippen molar-refractivity contribution in [2.45, 2.75) is 18.9 Å². The lowest BCUT2D eigenvalue weighted by Gasteiger charge is -2.42. The van der Waals surface area contributed by atoms with Gasteiger partial charge >= 0.3 is 0 Å². The van der Waals surface area contributed by atoms with Crippen LogP contribution in [0.25, 0.3) is 0 Å².